The average Bonchev–Trinajstić information content (AvgIpc) is 3.07. The molecule has 2 rings (SSSR count). The van der Waals surface area contributed by atoms with Crippen LogP contribution in [0.2, 0.25) is 0 Å². The molecule has 3 N–H and O–H groups in total. The first-order valence-corrected chi connectivity index (χ1v) is 8.31. The number of hydrogen-bond donors (Lipinski definition) is 3. The number of aliphatic hydroxyl groups is 2. The molecule has 7 heteroatoms. The van der Waals surface area contributed by atoms with Crippen molar-refractivity contribution in [2.24, 2.45) is 4.99 Å². The van der Waals surface area contributed by atoms with Gasteiger partial charge in [0.15, 0.2) is 6.23 Å². The summed E-state index contributed by atoms with van der Waals surface area (Å²) in [7, 11) is 0. The summed E-state index contributed by atoms with van der Waals surface area (Å²) in [5.41, 5.74) is 0.736. The van der Waals surface area contributed by atoms with Gasteiger partial charge in [-0.1, -0.05) is 28.1 Å². The van der Waals surface area contributed by atoms with Crippen molar-refractivity contribution in [3.8, 4) is 0 Å². The maximum absolute atomic E-state index is 12.3. The fraction of sp³-hybridized carbons (Fsp3) is 0.294. The highest BCUT2D eigenvalue weighted by molar-refractivity contribution is 9.10. The monoisotopic (exact) mass is 394 g/mol. The lowest BCUT2D eigenvalue weighted by molar-refractivity contribution is -0.115. The summed E-state index contributed by atoms with van der Waals surface area (Å²) < 4.78 is 6.07. The van der Waals surface area contributed by atoms with Crippen LogP contribution in [0.25, 0.3) is 0 Å². The number of nitrogens with one attached hydrogen (secondary N) is 1. The summed E-state index contributed by atoms with van der Waals surface area (Å²) in [6.07, 6.45) is 0.981. The maximum atomic E-state index is 12.3. The van der Waals surface area contributed by atoms with Gasteiger partial charge in [-0.2, -0.15) is 0 Å². The molecule has 0 radical (unpaired) electrons. The van der Waals surface area contributed by atoms with Gasteiger partial charge in [0.1, 0.15) is 11.5 Å². The zero-order valence-corrected chi connectivity index (χ0v) is 14.6. The number of carbonyl (C=O) groups is 1. The Labute approximate surface area is 148 Å². The Kier molecular flexibility index (Phi) is 7.17. The first kappa shape index (κ1) is 18.4. The second kappa shape index (κ2) is 9.36. The summed E-state index contributed by atoms with van der Waals surface area (Å²) in [6, 6.07) is 10.6. The third kappa shape index (κ3) is 5.59. The number of aliphatic imine (C=N–C) groups is 1. The number of nitrogens with zero attached hydrogens (tertiary/aromatic N) is 1. The first-order chi connectivity index (χ1) is 11.6. The zero-order chi connectivity index (χ0) is 17.4. The van der Waals surface area contributed by atoms with E-state index in [1.165, 1.54) is 6.26 Å². The molecule has 2 aromatic rings. The van der Waals surface area contributed by atoms with Gasteiger partial charge in [0.05, 0.1) is 12.7 Å². The smallest absolute Gasteiger partial charge is 0.265 e. The fourth-order valence-electron chi connectivity index (χ4n) is 2.04. The second-order valence-corrected chi connectivity index (χ2v) is 6.01. The van der Waals surface area contributed by atoms with E-state index in [-0.39, 0.29) is 18.7 Å². The Morgan fingerprint density at radius 1 is 1.33 bits per heavy atom. The summed E-state index contributed by atoms with van der Waals surface area (Å²) in [5.74, 6) is 0.182. The second-order valence-electron chi connectivity index (χ2n) is 5.09. The minimum Gasteiger partial charge on any atom is -0.469 e. The lowest BCUT2D eigenvalue weighted by atomic mass is 10.1. The Bertz CT molecular complexity index is 686. The van der Waals surface area contributed by atoms with E-state index in [0.29, 0.717) is 24.3 Å². The van der Waals surface area contributed by atoms with Gasteiger partial charge < -0.3 is 19.9 Å². The van der Waals surface area contributed by atoms with Crippen molar-refractivity contribution < 1.29 is 19.4 Å². The number of furan rings is 1. The van der Waals surface area contributed by atoms with E-state index < -0.39 is 12.1 Å². The van der Waals surface area contributed by atoms with Crippen molar-refractivity contribution in [3.63, 3.8) is 0 Å². The minimum atomic E-state index is -1.16. The van der Waals surface area contributed by atoms with Crippen molar-refractivity contribution in [2.75, 3.05) is 13.2 Å². The molecule has 0 aliphatic heterocycles. The van der Waals surface area contributed by atoms with Gasteiger partial charge in [-0.15, -0.1) is 0 Å². The van der Waals surface area contributed by atoms with Gasteiger partial charge >= 0.3 is 0 Å². The van der Waals surface area contributed by atoms with Crippen molar-refractivity contribution in [2.45, 2.75) is 19.1 Å². The van der Waals surface area contributed by atoms with Crippen LogP contribution in [0.4, 0.5) is 0 Å². The molecule has 1 heterocycles. The first-order valence-electron chi connectivity index (χ1n) is 7.52. The van der Waals surface area contributed by atoms with E-state index in [2.05, 4.69) is 26.2 Å². The highest BCUT2D eigenvalue weighted by Gasteiger charge is 2.16. The SMILES string of the molecule is O=C(NCCCO)C(Cc1ccco1)=NC(O)c1cccc(Br)c1. The van der Waals surface area contributed by atoms with Crippen molar-refractivity contribution in [1.82, 2.24) is 5.32 Å². The van der Waals surface area contributed by atoms with Crippen LogP contribution in [0, 0.1) is 0 Å². The van der Waals surface area contributed by atoms with Crippen molar-refractivity contribution >= 4 is 27.5 Å². The quantitative estimate of drug-likeness (QED) is 0.472. The standard InChI is InChI=1S/C17H19BrN2O4/c18-13-5-1-4-12(10-13)16(22)20-15(11-14-6-2-9-24-14)17(23)19-7-3-8-21/h1-2,4-6,9-10,16,21-22H,3,7-8,11H2,(H,19,23). The maximum Gasteiger partial charge on any atom is 0.265 e. The minimum absolute atomic E-state index is 0.00833. The molecular weight excluding hydrogens is 376 g/mol. The van der Waals surface area contributed by atoms with Crippen LogP contribution in [-0.2, 0) is 11.2 Å². The van der Waals surface area contributed by atoms with Crippen LogP contribution in [0.1, 0.15) is 24.0 Å². The average molecular weight is 395 g/mol. The van der Waals surface area contributed by atoms with Gasteiger partial charge in [0.2, 0.25) is 0 Å². The molecule has 1 aromatic carbocycles. The summed E-state index contributed by atoms with van der Waals surface area (Å²) >= 11 is 3.34. The molecule has 1 amide bonds. The van der Waals surface area contributed by atoms with E-state index in [0.717, 1.165) is 4.47 Å². The van der Waals surface area contributed by atoms with Crippen LogP contribution < -0.4 is 5.32 Å². The van der Waals surface area contributed by atoms with Gasteiger partial charge in [0.25, 0.3) is 5.91 Å². The third-order valence-corrected chi connectivity index (χ3v) is 3.72. The highest BCUT2D eigenvalue weighted by atomic mass is 79.9. The molecule has 128 valence electrons. The lowest BCUT2D eigenvalue weighted by Crippen LogP contribution is -2.33. The molecule has 0 aliphatic carbocycles. The Balaban J connectivity index is 2.18. The van der Waals surface area contributed by atoms with Crippen LogP contribution in [-0.4, -0.2) is 35.0 Å². The lowest BCUT2D eigenvalue weighted by Gasteiger charge is -2.11. The van der Waals surface area contributed by atoms with E-state index in [4.69, 9.17) is 9.52 Å². The number of benzene rings is 1. The molecule has 0 saturated heterocycles. The van der Waals surface area contributed by atoms with Gasteiger partial charge in [-0.3, -0.25) is 4.79 Å². The summed E-state index contributed by atoms with van der Waals surface area (Å²) in [4.78, 5) is 16.5. The van der Waals surface area contributed by atoms with E-state index >= 15 is 0 Å². The van der Waals surface area contributed by atoms with Crippen molar-refractivity contribution in [1.29, 1.82) is 0 Å². The van der Waals surface area contributed by atoms with Gasteiger partial charge in [-0.05, 0) is 30.7 Å². The molecule has 0 spiro atoms. The predicted molar refractivity (Wildman–Crippen MR) is 93.7 cm³/mol. The van der Waals surface area contributed by atoms with Gasteiger partial charge in [0, 0.05) is 23.2 Å². The number of amides is 1. The van der Waals surface area contributed by atoms with Crippen LogP contribution >= 0.6 is 15.9 Å². The zero-order valence-electron chi connectivity index (χ0n) is 13.0. The predicted octanol–water partition coefficient (Wildman–Crippen LogP) is 2.22. The molecular formula is C17H19BrN2O4. The molecule has 0 saturated carbocycles. The molecule has 0 fully saturated rings. The summed E-state index contributed by atoms with van der Waals surface area (Å²) in [5, 5.41) is 21.8. The molecule has 1 aromatic heterocycles. The van der Waals surface area contributed by atoms with Crippen LogP contribution in [0.15, 0.2) is 56.5 Å². The number of aliphatic hydroxyl groups excluding tert-OH is 2. The van der Waals surface area contributed by atoms with Crippen LogP contribution in [0.3, 0.4) is 0 Å². The molecule has 1 unspecified atom stereocenters. The topological polar surface area (TPSA) is 95.1 Å². The van der Waals surface area contributed by atoms with E-state index in [9.17, 15) is 9.90 Å². The molecule has 6 nitrogen and oxygen atoms in total. The molecule has 24 heavy (non-hydrogen) atoms. The molecule has 0 bridgehead atoms. The van der Waals surface area contributed by atoms with E-state index in [1.54, 1.807) is 30.3 Å². The van der Waals surface area contributed by atoms with Gasteiger partial charge in [-0.25, -0.2) is 4.99 Å². The third-order valence-electron chi connectivity index (χ3n) is 3.23. The normalized spacial score (nSPS) is 12.9. The number of carbonyl (C=O) groups excluding carboxylic acids is 1. The van der Waals surface area contributed by atoms with E-state index in [1.807, 2.05) is 6.07 Å². The Morgan fingerprint density at radius 3 is 2.83 bits per heavy atom. The Hall–Kier alpha value is -1.96. The highest BCUT2D eigenvalue weighted by Crippen LogP contribution is 2.19. The fourth-order valence-corrected chi connectivity index (χ4v) is 2.45. The largest absolute Gasteiger partial charge is 0.469 e. The number of rotatable bonds is 8. The summed E-state index contributed by atoms with van der Waals surface area (Å²) in [6.45, 7) is 0.324. The van der Waals surface area contributed by atoms with Crippen LogP contribution in [0.5, 0.6) is 0 Å². The number of halogens is 1. The molecule has 0 aliphatic rings. The number of hydrogen-bond acceptors (Lipinski definition) is 5. The molecule has 1 atom stereocenters. The Morgan fingerprint density at radius 2 is 2.17 bits per heavy atom. The van der Waals surface area contributed by atoms with Crippen molar-refractivity contribution in [3.05, 3.63) is 58.5 Å².